The molecule has 0 amide bonds. The van der Waals surface area contributed by atoms with E-state index in [9.17, 15) is 0 Å². The van der Waals surface area contributed by atoms with Crippen molar-refractivity contribution in [1.82, 2.24) is 19.9 Å². The van der Waals surface area contributed by atoms with Crippen molar-refractivity contribution in [2.45, 2.75) is 47.8 Å². The van der Waals surface area contributed by atoms with Gasteiger partial charge < -0.3 is 20.3 Å². The normalized spacial score (nSPS) is 21.9. The Morgan fingerprint density at radius 3 is 2.71 bits per heavy atom. The molecule has 2 saturated heterocycles. The number of pyridine rings is 1. The zero-order valence-electron chi connectivity index (χ0n) is 21.3. The zero-order valence-corrected chi connectivity index (χ0v) is 22.9. The van der Waals surface area contributed by atoms with Gasteiger partial charge in [0.15, 0.2) is 5.82 Å². The Morgan fingerprint density at radius 2 is 1.92 bits per heavy atom. The highest BCUT2D eigenvalue weighted by Gasteiger charge is 2.46. The Hall–Kier alpha value is -2.72. The lowest BCUT2D eigenvalue weighted by Gasteiger charge is -2.43. The summed E-state index contributed by atoms with van der Waals surface area (Å²) in [6.07, 6.45) is 7.75. The van der Waals surface area contributed by atoms with Crippen molar-refractivity contribution >= 4 is 40.8 Å². The van der Waals surface area contributed by atoms with Crippen molar-refractivity contribution < 1.29 is 4.74 Å². The molecule has 0 bridgehead atoms. The molecule has 4 aliphatic rings. The minimum atomic E-state index is 0.120. The van der Waals surface area contributed by atoms with E-state index >= 15 is 0 Å². The number of hydrogen-bond acceptors (Lipinski definition) is 9. The molecule has 0 radical (unpaired) electrons. The molecule has 3 aliphatic heterocycles. The molecule has 3 aromatic rings. The molecule has 7 rings (SSSR count). The van der Waals surface area contributed by atoms with E-state index in [2.05, 4.69) is 44.0 Å². The summed E-state index contributed by atoms with van der Waals surface area (Å²) < 4.78 is 5.39. The third kappa shape index (κ3) is 4.07. The van der Waals surface area contributed by atoms with Crippen LogP contribution in [0.5, 0.6) is 0 Å². The summed E-state index contributed by atoms with van der Waals surface area (Å²) in [6.45, 7) is 3.52. The summed E-state index contributed by atoms with van der Waals surface area (Å²) in [5.41, 5.74) is 10.6. The first-order valence-electron chi connectivity index (χ1n) is 13.1. The number of benzene rings is 1. The molecule has 1 aliphatic carbocycles. The number of aromatic nitrogens is 3. The Balaban J connectivity index is 1.01. The molecule has 2 aromatic heterocycles. The fraction of sp³-hybridized carbons (Fsp3) is 0.429. The van der Waals surface area contributed by atoms with Crippen LogP contribution in [0.15, 0.2) is 57.6 Å². The van der Waals surface area contributed by atoms with Crippen LogP contribution in [0.25, 0.3) is 0 Å². The van der Waals surface area contributed by atoms with Crippen molar-refractivity contribution in [2.75, 3.05) is 38.2 Å². The summed E-state index contributed by atoms with van der Waals surface area (Å²) >= 11 is 8.25. The van der Waals surface area contributed by atoms with Crippen LogP contribution < -0.4 is 10.6 Å². The molecule has 1 aromatic carbocycles. The highest BCUT2D eigenvalue weighted by atomic mass is 35.5. The average molecular weight is 548 g/mol. The molecule has 5 heterocycles. The van der Waals surface area contributed by atoms with Crippen molar-refractivity contribution in [1.29, 1.82) is 0 Å². The number of methoxy groups -OCH3 is 1. The summed E-state index contributed by atoms with van der Waals surface area (Å²) in [5.74, 6) is 2.58. The third-order valence-corrected chi connectivity index (χ3v) is 10.1. The summed E-state index contributed by atoms with van der Waals surface area (Å²) in [5, 5.41) is 1.45. The lowest BCUT2D eigenvalue weighted by atomic mass is 9.73. The highest BCUT2D eigenvalue weighted by Crippen LogP contribution is 2.51. The van der Waals surface area contributed by atoms with E-state index in [1.165, 1.54) is 22.9 Å². The predicted octanol–water partition coefficient (Wildman–Crippen LogP) is 4.44. The van der Waals surface area contributed by atoms with Gasteiger partial charge in [-0.05, 0) is 41.9 Å². The van der Waals surface area contributed by atoms with E-state index in [1.807, 2.05) is 6.07 Å². The number of rotatable bonds is 4. The van der Waals surface area contributed by atoms with E-state index in [0.29, 0.717) is 11.4 Å². The van der Waals surface area contributed by atoms with Crippen LogP contribution in [0.1, 0.15) is 35.7 Å². The van der Waals surface area contributed by atoms with Crippen LogP contribution in [0.4, 0.5) is 11.6 Å². The topological polar surface area (TPSA) is 92.8 Å². The maximum Gasteiger partial charge on any atom is 0.176 e. The van der Waals surface area contributed by atoms with E-state index in [1.54, 1.807) is 19.5 Å². The first-order valence-corrected chi connectivity index (χ1v) is 14.3. The van der Waals surface area contributed by atoms with Gasteiger partial charge in [0, 0.05) is 50.4 Å². The molecule has 8 nitrogen and oxygen atoms in total. The Morgan fingerprint density at radius 1 is 1.11 bits per heavy atom. The molecular formula is C28H30ClN7OS. The fourth-order valence-electron chi connectivity index (χ4n) is 6.26. The largest absolute Gasteiger partial charge is 0.378 e. The Kier molecular flexibility index (Phi) is 6.07. The van der Waals surface area contributed by atoms with Crippen molar-refractivity contribution in [2.24, 2.45) is 16.1 Å². The summed E-state index contributed by atoms with van der Waals surface area (Å²) in [7, 11) is 1.73. The van der Waals surface area contributed by atoms with Gasteiger partial charge in [0.2, 0.25) is 0 Å². The number of hydrogen-bond donors (Lipinski definition) is 1. The van der Waals surface area contributed by atoms with Gasteiger partial charge in [0.25, 0.3) is 0 Å². The highest BCUT2D eigenvalue weighted by molar-refractivity contribution is 7.99. The lowest BCUT2D eigenvalue weighted by molar-refractivity contribution is 0.0783. The second kappa shape index (κ2) is 9.48. The number of nitrogens with two attached hydrogens (primary N) is 1. The minimum absolute atomic E-state index is 0.120. The van der Waals surface area contributed by atoms with Gasteiger partial charge in [-0.15, -0.1) is 0 Å². The molecular weight excluding hydrogens is 518 g/mol. The van der Waals surface area contributed by atoms with Crippen LogP contribution >= 0.6 is 23.4 Å². The third-order valence-electron chi connectivity index (χ3n) is 8.61. The van der Waals surface area contributed by atoms with Crippen molar-refractivity contribution in [3.05, 3.63) is 64.6 Å². The van der Waals surface area contributed by atoms with E-state index in [-0.39, 0.29) is 17.6 Å². The van der Waals surface area contributed by atoms with Crippen molar-refractivity contribution in [3.63, 3.8) is 0 Å². The molecule has 2 fully saturated rings. The summed E-state index contributed by atoms with van der Waals surface area (Å²) in [4.78, 5) is 24.4. The van der Waals surface area contributed by atoms with Gasteiger partial charge in [-0.3, -0.25) is 0 Å². The molecule has 2 N–H and O–H groups in total. The molecule has 38 heavy (non-hydrogen) atoms. The maximum absolute atomic E-state index is 6.77. The molecule has 0 saturated carbocycles. The van der Waals surface area contributed by atoms with Gasteiger partial charge in [-0.25, -0.2) is 19.9 Å². The quantitative estimate of drug-likeness (QED) is 0.512. The zero-order chi connectivity index (χ0) is 25.9. The number of piperidine rings is 1. The van der Waals surface area contributed by atoms with Gasteiger partial charge in [0.05, 0.1) is 29.4 Å². The van der Waals surface area contributed by atoms with Crippen LogP contribution in [-0.2, 0) is 17.6 Å². The molecule has 1 spiro atoms. The van der Waals surface area contributed by atoms with Crippen molar-refractivity contribution in [3.8, 4) is 0 Å². The van der Waals surface area contributed by atoms with Gasteiger partial charge in [-0.1, -0.05) is 47.6 Å². The number of amidine groups is 1. The van der Waals surface area contributed by atoms with E-state index < -0.39 is 0 Å². The molecule has 1 atom stereocenters. The number of anilines is 1. The predicted molar refractivity (Wildman–Crippen MR) is 150 cm³/mol. The SMILES string of the molecule is COC1CN(c2nccc(Sc3cnc4c(n3)CC(N3CCC5(CC3)Cc3ccccc3[C@H]5N)=N4)c2Cl)C1. The fourth-order valence-corrected chi connectivity index (χ4v) is 7.40. The second-order valence-electron chi connectivity index (χ2n) is 10.7. The number of nitrogens with zero attached hydrogens (tertiary/aromatic N) is 6. The van der Waals surface area contributed by atoms with Crippen LogP contribution in [0.3, 0.4) is 0 Å². The van der Waals surface area contributed by atoms with Crippen LogP contribution in [0.2, 0.25) is 5.02 Å². The Labute approximate surface area is 231 Å². The molecule has 10 heteroatoms. The average Bonchev–Trinajstić information content (AvgIpc) is 3.45. The maximum atomic E-state index is 6.77. The first kappa shape index (κ1) is 24.3. The Bertz CT molecular complexity index is 1420. The van der Waals surface area contributed by atoms with Gasteiger partial charge >= 0.3 is 0 Å². The standard InChI is InChI=1S/C28H30ClN7OS/c1-37-18-15-36(16-18)27-24(29)21(6-9-31-27)38-23-14-32-26-20(33-23)12-22(34-26)35-10-7-28(8-11-35)13-17-4-2-3-5-19(17)25(28)30/h2-6,9,14,18,25H,7-8,10-13,15-16,30H2,1H3/t25-/m1/s1. The second-order valence-corrected chi connectivity index (χ2v) is 12.1. The number of halogens is 1. The number of fused-ring (bicyclic) bond motifs is 2. The van der Waals surface area contributed by atoms with Crippen LogP contribution in [-0.4, -0.2) is 65.1 Å². The monoisotopic (exact) mass is 547 g/mol. The first-order chi connectivity index (χ1) is 18.5. The van der Waals surface area contributed by atoms with E-state index in [0.717, 1.165) is 78.5 Å². The number of aliphatic imine (C=N–C) groups is 1. The smallest absolute Gasteiger partial charge is 0.176 e. The summed E-state index contributed by atoms with van der Waals surface area (Å²) in [6, 6.07) is 10.7. The number of ether oxygens (including phenoxy) is 1. The lowest BCUT2D eigenvalue weighted by Crippen LogP contribution is -2.52. The molecule has 196 valence electrons. The van der Waals surface area contributed by atoms with E-state index in [4.69, 9.17) is 32.0 Å². The van der Waals surface area contributed by atoms with Crippen LogP contribution in [0, 0.1) is 5.41 Å². The van der Waals surface area contributed by atoms with Gasteiger partial charge in [0.1, 0.15) is 16.7 Å². The minimum Gasteiger partial charge on any atom is -0.378 e. The van der Waals surface area contributed by atoms with Gasteiger partial charge in [-0.2, -0.15) is 0 Å². The molecule has 0 unspecified atom stereocenters. The number of likely N-dealkylation sites (tertiary alicyclic amines) is 1.